The maximum atomic E-state index is 12.9. The van der Waals surface area contributed by atoms with Crippen LogP contribution in [-0.2, 0) is 19.2 Å². The Morgan fingerprint density at radius 3 is 2.52 bits per heavy atom. The number of aliphatic carboxylic acids is 1. The molecule has 0 bridgehead atoms. The summed E-state index contributed by atoms with van der Waals surface area (Å²) in [4.78, 5) is 54.6. The first-order valence-corrected chi connectivity index (χ1v) is 10.6. The largest absolute Gasteiger partial charge is 0.480 e. The van der Waals surface area contributed by atoms with Crippen molar-refractivity contribution >= 4 is 29.7 Å². The van der Waals surface area contributed by atoms with E-state index in [1.54, 1.807) is 6.92 Å². The number of carbonyl (C=O) groups excluding carboxylic acids is 3. The molecular weight excluding hydrogens is 406 g/mol. The minimum absolute atomic E-state index is 0.0825. The second-order valence-electron chi connectivity index (χ2n) is 7.92. The Bertz CT molecular complexity index is 704. The number of nitrogens with one attached hydrogen (secondary N) is 3. The van der Waals surface area contributed by atoms with E-state index in [-0.39, 0.29) is 36.8 Å². The normalized spacial score (nSPS) is 22.4. The molecule has 0 aromatic heterocycles. The van der Waals surface area contributed by atoms with Crippen molar-refractivity contribution < 1.29 is 24.3 Å². The molecule has 2 fully saturated rings. The highest BCUT2D eigenvalue weighted by atomic mass is 16.4. The van der Waals surface area contributed by atoms with Crippen LogP contribution >= 0.6 is 0 Å². The van der Waals surface area contributed by atoms with Gasteiger partial charge in [-0.05, 0) is 52.0 Å². The van der Waals surface area contributed by atoms with E-state index in [1.165, 1.54) is 4.90 Å². The lowest BCUT2D eigenvalue weighted by atomic mass is 10.1. The van der Waals surface area contributed by atoms with Gasteiger partial charge in [-0.1, -0.05) is 0 Å². The minimum Gasteiger partial charge on any atom is -0.480 e. The number of amides is 3. The predicted molar refractivity (Wildman–Crippen MR) is 113 cm³/mol. The van der Waals surface area contributed by atoms with E-state index >= 15 is 0 Å². The summed E-state index contributed by atoms with van der Waals surface area (Å²) in [7, 11) is 0. The quantitative estimate of drug-likeness (QED) is 0.126. The van der Waals surface area contributed by atoms with Crippen molar-refractivity contribution in [3.8, 4) is 0 Å². The highest BCUT2D eigenvalue weighted by Crippen LogP contribution is 2.19. The van der Waals surface area contributed by atoms with Gasteiger partial charge in [0.1, 0.15) is 18.1 Å². The number of carbonyl (C=O) groups is 4. The lowest BCUT2D eigenvalue weighted by Gasteiger charge is -2.28. The van der Waals surface area contributed by atoms with Crippen LogP contribution in [0.3, 0.4) is 0 Å². The molecule has 0 saturated carbocycles. The third-order valence-electron chi connectivity index (χ3n) is 5.50. The summed E-state index contributed by atoms with van der Waals surface area (Å²) in [6.45, 7) is 2.99. The van der Waals surface area contributed by atoms with Crippen LogP contribution in [0.5, 0.6) is 0 Å². The molecule has 0 radical (unpaired) electrons. The molecule has 0 unspecified atom stereocenters. The molecule has 2 saturated heterocycles. The van der Waals surface area contributed by atoms with Gasteiger partial charge in [-0.3, -0.25) is 19.4 Å². The van der Waals surface area contributed by atoms with Crippen LogP contribution in [0.25, 0.3) is 0 Å². The van der Waals surface area contributed by atoms with Crippen LogP contribution in [0, 0.1) is 0 Å². The molecule has 0 aliphatic carbocycles. The number of aliphatic imine (C=N–C) groups is 1. The fraction of sp³-hybridized carbons (Fsp3) is 0.737. The Morgan fingerprint density at radius 2 is 1.90 bits per heavy atom. The number of nitrogens with zero attached hydrogens (tertiary/aromatic N) is 2. The van der Waals surface area contributed by atoms with Gasteiger partial charge in [-0.15, -0.1) is 0 Å². The molecule has 2 aliphatic rings. The van der Waals surface area contributed by atoms with Crippen molar-refractivity contribution in [1.29, 1.82) is 0 Å². The number of carboxylic acids is 1. The molecule has 8 N–H and O–H groups in total. The maximum absolute atomic E-state index is 12.9. The highest BCUT2D eigenvalue weighted by molar-refractivity contribution is 5.94. The summed E-state index contributed by atoms with van der Waals surface area (Å²) in [5, 5.41) is 17.7. The molecule has 12 nitrogen and oxygen atoms in total. The number of rotatable bonds is 10. The highest BCUT2D eigenvalue weighted by Gasteiger charge is 2.38. The van der Waals surface area contributed by atoms with E-state index in [4.69, 9.17) is 11.5 Å². The smallest absolute Gasteiger partial charge is 0.326 e. The van der Waals surface area contributed by atoms with Crippen molar-refractivity contribution in [2.24, 2.45) is 16.5 Å². The predicted octanol–water partition coefficient (Wildman–Crippen LogP) is -2.14. The summed E-state index contributed by atoms with van der Waals surface area (Å²) < 4.78 is 0. The second-order valence-corrected chi connectivity index (χ2v) is 7.92. The molecule has 0 aromatic rings. The van der Waals surface area contributed by atoms with Crippen LogP contribution in [-0.4, -0.2) is 83.5 Å². The second kappa shape index (κ2) is 11.5. The topological polar surface area (TPSA) is 192 Å². The number of carboxylic acid groups (broad SMARTS) is 1. The van der Waals surface area contributed by atoms with Gasteiger partial charge in [0.25, 0.3) is 0 Å². The number of likely N-dealkylation sites (tertiary alicyclic amines) is 1. The summed E-state index contributed by atoms with van der Waals surface area (Å²) in [5.74, 6) is -2.36. The Balaban J connectivity index is 1.91. The zero-order valence-electron chi connectivity index (χ0n) is 17.8. The van der Waals surface area contributed by atoms with Gasteiger partial charge in [0, 0.05) is 13.1 Å². The van der Waals surface area contributed by atoms with Gasteiger partial charge in [-0.25, -0.2) is 4.79 Å². The lowest BCUT2D eigenvalue weighted by molar-refractivity contribution is -0.145. The van der Waals surface area contributed by atoms with Crippen LogP contribution in [0.15, 0.2) is 4.99 Å². The first-order valence-electron chi connectivity index (χ1n) is 10.6. The van der Waals surface area contributed by atoms with E-state index in [9.17, 15) is 24.3 Å². The molecule has 0 aromatic carbocycles. The van der Waals surface area contributed by atoms with Crippen molar-refractivity contribution in [1.82, 2.24) is 20.9 Å². The summed E-state index contributed by atoms with van der Waals surface area (Å²) in [6, 6.07) is -2.96. The molecular formula is C19H33N7O5. The van der Waals surface area contributed by atoms with E-state index in [1.807, 2.05) is 0 Å². The molecule has 2 aliphatic heterocycles. The fourth-order valence-electron chi connectivity index (χ4n) is 3.86. The van der Waals surface area contributed by atoms with E-state index in [0.29, 0.717) is 25.8 Å². The molecule has 2 rings (SSSR count). The van der Waals surface area contributed by atoms with Crippen LogP contribution in [0.2, 0.25) is 0 Å². The Morgan fingerprint density at radius 1 is 1.16 bits per heavy atom. The molecule has 4 atom stereocenters. The summed E-state index contributed by atoms with van der Waals surface area (Å²) >= 11 is 0. The Kier molecular flexibility index (Phi) is 9.03. The summed E-state index contributed by atoms with van der Waals surface area (Å²) in [5.41, 5.74) is 10.5. The molecule has 3 amide bonds. The standard InChI is InChI=1S/C19H33N7O5/c1-11(24-15(27)12-5-2-8-22-12)17(29)26-10-4-7-14(26)16(28)25-13(18(30)31)6-3-9-23-19(20)21/h11-14,22H,2-10H2,1H3,(H,24,27)(H,25,28)(H,30,31)(H4,20,21,23)/t11-,12-,13-,14-/m0/s1. The van der Waals surface area contributed by atoms with Crippen molar-refractivity contribution in [3.63, 3.8) is 0 Å². The van der Waals surface area contributed by atoms with Crippen LogP contribution in [0.1, 0.15) is 45.4 Å². The Labute approximate surface area is 181 Å². The zero-order chi connectivity index (χ0) is 23.0. The van der Waals surface area contributed by atoms with Gasteiger partial charge in [0.2, 0.25) is 17.7 Å². The molecule has 0 spiro atoms. The first-order chi connectivity index (χ1) is 14.7. The van der Waals surface area contributed by atoms with Gasteiger partial charge in [0.15, 0.2) is 5.96 Å². The van der Waals surface area contributed by atoms with Gasteiger partial charge in [-0.2, -0.15) is 0 Å². The fourth-order valence-corrected chi connectivity index (χ4v) is 3.86. The monoisotopic (exact) mass is 439 g/mol. The molecule has 174 valence electrons. The van der Waals surface area contributed by atoms with Crippen molar-refractivity contribution in [3.05, 3.63) is 0 Å². The van der Waals surface area contributed by atoms with Gasteiger partial charge < -0.3 is 37.4 Å². The Hall–Kier alpha value is -2.89. The number of nitrogens with two attached hydrogens (primary N) is 2. The molecule has 12 heteroatoms. The number of hydrogen-bond acceptors (Lipinski definition) is 6. The van der Waals surface area contributed by atoms with Crippen molar-refractivity contribution in [2.75, 3.05) is 19.6 Å². The van der Waals surface area contributed by atoms with Gasteiger partial charge >= 0.3 is 5.97 Å². The zero-order valence-corrected chi connectivity index (χ0v) is 17.8. The van der Waals surface area contributed by atoms with E-state index in [0.717, 1.165) is 19.4 Å². The molecule has 2 heterocycles. The van der Waals surface area contributed by atoms with Crippen LogP contribution < -0.4 is 27.4 Å². The summed E-state index contributed by atoms with van der Waals surface area (Å²) in [6.07, 6.45) is 3.21. The minimum atomic E-state index is -1.17. The third kappa shape index (κ3) is 7.09. The number of hydrogen-bond donors (Lipinski definition) is 6. The van der Waals surface area contributed by atoms with Crippen LogP contribution in [0.4, 0.5) is 0 Å². The van der Waals surface area contributed by atoms with E-state index in [2.05, 4.69) is 20.9 Å². The SMILES string of the molecule is C[C@H](NC(=O)[C@@H]1CCCN1)C(=O)N1CCC[C@H]1C(=O)N[C@@H](CCCN=C(N)N)C(=O)O. The molecule has 31 heavy (non-hydrogen) atoms. The van der Waals surface area contributed by atoms with E-state index < -0.39 is 30.0 Å². The van der Waals surface area contributed by atoms with Gasteiger partial charge in [0.05, 0.1) is 6.04 Å². The lowest BCUT2D eigenvalue weighted by Crippen LogP contribution is -2.55. The third-order valence-corrected chi connectivity index (χ3v) is 5.50. The average Bonchev–Trinajstić information content (AvgIpc) is 3.41. The number of guanidine groups is 1. The first kappa shape index (κ1) is 24.4. The van der Waals surface area contributed by atoms with Crippen molar-refractivity contribution in [2.45, 2.75) is 69.6 Å². The maximum Gasteiger partial charge on any atom is 0.326 e. The average molecular weight is 440 g/mol.